The molecule has 0 saturated carbocycles. The van der Waals surface area contributed by atoms with Gasteiger partial charge < -0.3 is 10.5 Å². The Hall–Kier alpha value is -0.530. The van der Waals surface area contributed by atoms with Gasteiger partial charge in [-0.2, -0.15) is 0 Å². The molecule has 0 aliphatic heterocycles. The van der Waals surface area contributed by atoms with Gasteiger partial charge in [0.2, 0.25) is 10.0 Å². The normalized spacial score (nSPS) is 12.6. The van der Waals surface area contributed by atoms with Crippen molar-refractivity contribution in [2.24, 2.45) is 5.73 Å². The summed E-state index contributed by atoms with van der Waals surface area (Å²) in [5.41, 5.74) is 5.60. The summed E-state index contributed by atoms with van der Waals surface area (Å²) in [6.07, 6.45) is 2.64. The third-order valence-electron chi connectivity index (χ3n) is 2.95. The average molecular weight is 357 g/mol. The summed E-state index contributed by atoms with van der Waals surface area (Å²) in [7, 11) is -2.14. The summed E-state index contributed by atoms with van der Waals surface area (Å²) in [6, 6.07) is 4.09. The molecular weight excluding hydrogens is 335 g/mol. The molecule has 1 aromatic carbocycles. The molecule has 3 N–H and O–H groups in total. The predicted octanol–water partition coefficient (Wildman–Crippen LogP) is 2.57. The van der Waals surface area contributed by atoms with Crippen molar-refractivity contribution in [1.29, 1.82) is 0 Å². The van der Waals surface area contributed by atoms with Crippen LogP contribution < -0.4 is 15.2 Å². The van der Waals surface area contributed by atoms with E-state index in [9.17, 15) is 8.42 Å². The van der Waals surface area contributed by atoms with E-state index in [1.165, 1.54) is 25.3 Å². The SMILES string of the molecule is CCCCC(CN)NS(=O)(=O)c1ccc(OC)c(Cl)c1.Cl. The van der Waals surface area contributed by atoms with E-state index in [2.05, 4.69) is 4.72 Å². The lowest BCUT2D eigenvalue weighted by Gasteiger charge is -2.17. The molecule has 0 radical (unpaired) electrons. The van der Waals surface area contributed by atoms with Gasteiger partial charge in [0.25, 0.3) is 0 Å². The number of sulfonamides is 1. The second-order valence-electron chi connectivity index (χ2n) is 4.49. The molecule has 0 spiro atoms. The minimum Gasteiger partial charge on any atom is -0.495 e. The number of halogens is 2. The zero-order valence-electron chi connectivity index (χ0n) is 12.1. The molecule has 5 nitrogen and oxygen atoms in total. The van der Waals surface area contributed by atoms with E-state index in [4.69, 9.17) is 22.1 Å². The van der Waals surface area contributed by atoms with Gasteiger partial charge in [-0.1, -0.05) is 31.4 Å². The summed E-state index contributed by atoms with van der Waals surface area (Å²) < 4.78 is 32.1. The van der Waals surface area contributed by atoms with Crippen molar-refractivity contribution in [3.63, 3.8) is 0 Å². The van der Waals surface area contributed by atoms with Gasteiger partial charge in [-0.15, -0.1) is 12.4 Å². The number of ether oxygens (including phenoxy) is 1. The Balaban J connectivity index is 0.00000400. The average Bonchev–Trinajstić information content (AvgIpc) is 2.43. The van der Waals surface area contributed by atoms with Crippen LogP contribution in [0.5, 0.6) is 5.75 Å². The van der Waals surface area contributed by atoms with E-state index in [-0.39, 0.29) is 34.9 Å². The van der Waals surface area contributed by atoms with Crippen molar-refractivity contribution < 1.29 is 13.2 Å². The third kappa shape index (κ3) is 6.00. The van der Waals surface area contributed by atoms with Crippen LogP contribution in [0.2, 0.25) is 5.02 Å². The molecular formula is C13H22Cl2N2O3S. The Morgan fingerprint density at radius 2 is 2.10 bits per heavy atom. The van der Waals surface area contributed by atoms with E-state index < -0.39 is 10.0 Å². The number of nitrogens with two attached hydrogens (primary N) is 1. The van der Waals surface area contributed by atoms with E-state index in [1.807, 2.05) is 6.92 Å². The molecule has 0 fully saturated rings. The first-order valence-corrected chi connectivity index (χ1v) is 8.36. The van der Waals surface area contributed by atoms with Crippen LogP contribution >= 0.6 is 24.0 Å². The van der Waals surface area contributed by atoms with Gasteiger partial charge in [-0.25, -0.2) is 13.1 Å². The maximum Gasteiger partial charge on any atom is 0.240 e. The second kappa shape index (κ2) is 9.48. The number of hydrogen-bond acceptors (Lipinski definition) is 4. The molecule has 0 aliphatic carbocycles. The van der Waals surface area contributed by atoms with Crippen LogP contribution in [-0.2, 0) is 10.0 Å². The van der Waals surface area contributed by atoms with Gasteiger partial charge in [0.1, 0.15) is 5.75 Å². The van der Waals surface area contributed by atoms with Crippen molar-refractivity contribution in [3.8, 4) is 5.75 Å². The first kappa shape index (κ1) is 20.5. The molecule has 21 heavy (non-hydrogen) atoms. The monoisotopic (exact) mass is 356 g/mol. The molecule has 0 aromatic heterocycles. The van der Waals surface area contributed by atoms with Crippen LogP contribution in [-0.4, -0.2) is 28.1 Å². The number of hydrogen-bond donors (Lipinski definition) is 2. The fourth-order valence-electron chi connectivity index (χ4n) is 1.78. The van der Waals surface area contributed by atoms with Crippen molar-refractivity contribution >= 4 is 34.0 Å². The van der Waals surface area contributed by atoms with Crippen LogP contribution in [0, 0.1) is 0 Å². The zero-order chi connectivity index (χ0) is 15.2. The molecule has 0 bridgehead atoms. The lowest BCUT2D eigenvalue weighted by atomic mass is 10.1. The topological polar surface area (TPSA) is 81.4 Å². The molecule has 0 saturated heterocycles. The van der Waals surface area contributed by atoms with Gasteiger partial charge >= 0.3 is 0 Å². The highest BCUT2D eigenvalue weighted by Gasteiger charge is 2.20. The summed E-state index contributed by atoms with van der Waals surface area (Å²) in [5, 5.41) is 0.258. The highest BCUT2D eigenvalue weighted by molar-refractivity contribution is 7.89. The first-order valence-electron chi connectivity index (χ1n) is 6.50. The number of nitrogens with one attached hydrogen (secondary N) is 1. The maximum absolute atomic E-state index is 12.3. The van der Waals surface area contributed by atoms with E-state index >= 15 is 0 Å². The fraction of sp³-hybridized carbons (Fsp3) is 0.538. The highest BCUT2D eigenvalue weighted by atomic mass is 35.5. The molecule has 1 rings (SSSR count). The van der Waals surface area contributed by atoms with Crippen molar-refractivity contribution in [2.75, 3.05) is 13.7 Å². The lowest BCUT2D eigenvalue weighted by Crippen LogP contribution is -2.40. The first-order chi connectivity index (χ1) is 9.44. The second-order valence-corrected chi connectivity index (χ2v) is 6.61. The van der Waals surface area contributed by atoms with Crippen LogP contribution in [0.4, 0.5) is 0 Å². The highest BCUT2D eigenvalue weighted by Crippen LogP contribution is 2.27. The third-order valence-corrected chi connectivity index (χ3v) is 4.76. The van der Waals surface area contributed by atoms with Gasteiger partial charge in [0, 0.05) is 12.6 Å². The van der Waals surface area contributed by atoms with Gasteiger partial charge in [-0.05, 0) is 24.6 Å². The summed E-state index contributed by atoms with van der Waals surface area (Å²) >= 11 is 5.95. The Morgan fingerprint density at radius 1 is 1.43 bits per heavy atom. The quantitative estimate of drug-likeness (QED) is 0.749. The van der Waals surface area contributed by atoms with Crippen LogP contribution in [0.25, 0.3) is 0 Å². The lowest BCUT2D eigenvalue weighted by molar-refractivity contribution is 0.414. The minimum absolute atomic E-state index is 0. The van der Waals surface area contributed by atoms with Crippen molar-refractivity contribution in [3.05, 3.63) is 23.2 Å². The van der Waals surface area contributed by atoms with Crippen molar-refractivity contribution in [2.45, 2.75) is 37.1 Å². The van der Waals surface area contributed by atoms with Crippen LogP contribution in [0.15, 0.2) is 23.1 Å². The molecule has 0 heterocycles. The maximum atomic E-state index is 12.3. The molecule has 0 aliphatic rings. The Kier molecular flexibility index (Phi) is 9.24. The standard InChI is InChI=1S/C13H21ClN2O3S.ClH/c1-3-4-5-10(9-15)16-20(17,18)11-6-7-13(19-2)12(14)8-11;/h6-8,10,16H,3-5,9,15H2,1-2H3;1H. The van der Waals surface area contributed by atoms with Gasteiger partial charge in [0.05, 0.1) is 17.0 Å². The molecule has 8 heteroatoms. The number of rotatable bonds is 8. The Bertz CT molecular complexity index is 538. The Labute approximate surface area is 137 Å². The van der Waals surface area contributed by atoms with Crippen LogP contribution in [0.1, 0.15) is 26.2 Å². The summed E-state index contributed by atoms with van der Waals surface area (Å²) in [6.45, 7) is 2.31. The van der Waals surface area contributed by atoms with Gasteiger partial charge in [-0.3, -0.25) is 0 Å². The van der Waals surface area contributed by atoms with E-state index in [0.717, 1.165) is 19.3 Å². The predicted molar refractivity (Wildman–Crippen MR) is 87.9 cm³/mol. The summed E-state index contributed by atoms with van der Waals surface area (Å²) in [4.78, 5) is 0.109. The summed E-state index contributed by atoms with van der Waals surface area (Å²) in [5.74, 6) is 0.437. The number of methoxy groups -OCH3 is 1. The molecule has 122 valence electrons. The van der Waals surface area contributed by atoms with E-state index in [1.54, 1.807) is 0 Å². The van der Waals surface area contributed by atoms with E-state index in [0.29, 0.717) is 5.75 Å². The Morgan fingerprint density at radius 3 is 2.57 bits per heavy atom. The van der Waals surface area contributed by atoms with Crippen molar-refractivity contribution in [1.82, 2.24) is 4.72 Å². The number of unbranched alkanes of at least 4 members (excludes halogenated alkanes) is 1. The van der Waals surface area contributed by atoms with Gasteiger partial charge in [0.15, 0.2) is 0 Å². The molecule has 1 atom stereocenters. The largest absolute Gasteiger partial charge is 0.495 e. The molecule has 1 unspecified atom stereocenters. The molecule has 0 amide bonds. The van der Waals surface area contributed by atoms with Crippen LogP contribution in [0.3, 0.4) is 0 Å². The minimum atomic E-state index is -3.62. The molecule has 1 aromatic rings. The number of benzene rings is 1. The smallest absolute Gasteiger partial charge is 0.240 e. The fourth-order valence-corrected chi connectivity index (χ4v) is 3.41. The zero-order valence-corrected chi connectivity index (χ0v) is 14.5.